The molecular weight excluding hydrogens is 1070 g/mol. The molecule has 0 saturated carbocycles. The highest BCUT2D eigenvalue weighted by Crippen LogP contribution is 2.33. The van der Waals surface area contributed by atoms with Crippen molar-refractivity contribution in [3.05, 3.63) is 36.0 Å². The van der Waals surface area contributed by atoms with Crippen LogP contribution in [-0.2, 0) is 73.5 Å². The lowest BCUT2D eigenvalue weighted by molar-refractivity contribution is -0.201. The first-order valence-electron chi connectivity index (χ1n) is 30.1. The maximum atomic E-state index is 14.9. The van der Waals surface area contributed by atoms with Gasteiger partial charge in [0.05, 0.1) is 55.8 Å². The number of methoxy groups -OCH3 is 2. The number of rotatable bonds is 34. The van der Waals surface area contributed by atoms with E-state index >= 15 is 0 Å². The van der Waals surface area contributed by atoms with Crippen LogP contribution in [0.15, 0.2) is 30.5 Å². The van der Waals surface area contributed by atoms with Crippen molar-refractivity contribution in [2.45, 2.75) is 182 Å². The van der Waals surface area contributed by atoms with E-state index in [1.165, 1.54) is 17.0 Å². The molecule has 0 aliphatic carbocycles. The largest absolute Gasteiger partial charge is 0.379 e. The van der Waals surface area contributed by atoms with Gasteiger partial charge in [-0.3, -0.25) is 52.9 Å². The maximum Gasteiger partial charge on any atom is 0.333 e. The molecule has 1 N–H and O–H groups in total. The average molecular weight is 1160 g/mol. The van der Waals surface area contributed by atoms with Crippen molar-refractivity contribution < 1.29 is 67.1 Å². The van der Waals surface area contributed by atoms with Crippen molar-refractivity contribution in [3.63, 3.8) is 0 Å². The highest BCUT2D eigenvalue weighted by Gasteiger charge is 2.44. The Morgan fingerprint density at radius 2 is 1.49 bits per heavy atom. The van der Waals surface area contributed by atoms with Gasteiger partial charge in [0.2, 0.25) is 23.6 Å². The third-order valence-electron chi connectivity index (χ3n) is 17.3. The number of aromatic amines is 1. The molecule has 9 atom stereocenters. The Kier molecular flexibility index (Phi) is 26.5. The molecule has 83 heavy (non-hydrogen) atoms. The SMILES string of the molecule is CC[C@H](C)[C@@H]([C@@H](CC(=O)N1CCC[C@H]1[C@H](OC)[C@@H](C)C(=O)C[C@@H](Cc1c[nH]c2ccccc12)C(=O)N1CCCCO1)OC)N(C)C(=O)[C@@H](CC(=O)[C@H](C(C)C)N(C)CCCC(=O)CN(C)C(=O)CCCC(=O)ON1C(=O)CCC1=O)C(C)C. The van der Waals surface area contributed by atoms with Crippen LogP contribution in [0.2, 0.25) is 0 Å². The second kappa shape index (κ2) is 32.4. The summed E-state index contributed by atoms with van der Waals surface area (Å²) in [5, 5.41) is 2.87. The molecule has 21 heteroatoms. The summed E-state index contributed by atoms with van der Waals surface area (Å²) in [6, 6.07) is 6.36. The van der Waals surface area contributed by atoms with Crippen LogP contribution in [0.1, 0.15) is 150 Å². The fourth-order valence-electron chi connectivity index (χ4n) is 12.4. The predicted molar refractivity (Wildman–Crippen MR) is 310 cm³/mol. The second-order valence-electron chi connectivity index (χ2n) is 24.0. The molecule has 3 aliphatic rings. The second-order valence-corrected chi connectivity index (χ2v) is 24.0. The van der Waals surface area contributed by atoms with Gasteiger partial charge in [0.15, 0.2) is 11.6 Å². The van der Waals surface area contributed by atoms with E-state index in [2.05, 4.69) is 4.98 Å². The summed E-state index contributed by atoms with van der Waals surface area (Å²) in [6.45, 7) is 15.2. The Morgan fingerprint density at radius 3 is 2.12 bits per heavy atom. The number of aromatic nitrogens is 1. The van der Waals surface area contributed by atoms with Crippen LogP contribution in [-0.4, -0.2) is 192 Å². The fourth-order valence-corrected chi connectivity index (χ4v) is 12.4. The van der Waals surface area contributed by atoms with Gasteiger partial charge >= 0.3 is 5.97 Å². The van der Waals surface area contributed by atoms with Crippen LogP contribution in [0, 0.1) is 35.5 Å². The Hall–Kier alpha value is -5.90. The number of amides is 6. The predicted octanol–water partition coefficient (Wildman–Crippen LogP) is 6.53. The van der Waals surface area contributed by atoms with Crippen LogP contribution in [0.25, 0.3) is 10.9 Å². The number of carbonyl (C=O) groups excluding carboxylic acids is 10. The first-order chi connectivity index (χ1) is 39.4. The number of para-hydroxylation sites is 1. The third kappa shape index (κ3) is 18.3. The smallest absolute Gasteiger partial charge is 0.333 e. The Morgan fingerprint density at radius 1 is 0.795 bits per heavy atom. The zero-order chi connectivity index (χ0) is 61.2. The number of ketones is 3. The number of H-pyrrole nitrogens is 1. The summed E-state index contributed by atoms with van der Waals surface area (Å²) in [6.07, 6.45) is 4.85. The number of Topliss-reactive ketones (excluding diaryl/α,β-unsaturated/α-hetero) is 3. The Labute approximate surface area is 491 Å². The lowest BCUT2D eigenvalue weighted by atomic mass is 9.83. The highest BCUT2D eigenvalue weighted by atomic mass is 16.7. The molecule has 5 rings (SSSR count). The van der Waals surface area contributed by atoms with Gasteiger partial charge in [-0.1, -0.05) is 73.1 Å². The van der Waals surface area contributed by atoms with Crippen LogP contribution < -0.4 is 0 Å². The van der Waals surface area contributed by atoms with Crippen molar-refractivity contribution in [1.82, 2.24) is 34.7 Å². The molecule has 6 amide bonds. The van der Waals surface area contributed by atoms with Gasteiger partial charge in [0.1, 0.15) is 5.78 Å². The molecule has 0 radical (unpaired) electrons. The zero-order valence-corrected chi connectivity index (χ0v) is 51.5. The van der Waals surface area contributed by atoms with Gasteiger partial charge < -0.3 is 34.0 Å². The molecule has 3 fully saturated rings. The molecule has 1 aromatic heterocycles. The van der Waals surface area contributed by atoms with Crippen molar-refractivity contribution >= 4 is 69.7 Å². The summed E-state index contributed by atoms with van der Waals surface area (Å²) in [5.41, 5.74) is 1.88. The first-order valence-corrected chi connectivity index (χ1v) is 30.1. The lowest BCUT2D eigenvalue weighted by Gasteiger charge is -2.41. The minimum Gasteiger partial charge on any atom is -0.379 e. The standard InChI is InChI=1S/C62H95N7O14/c1-13-41(6)59(66(10)62(79)47(39(2)3)35-51(72)58(40(4)5)64(8)29-19-21-45(70)38-65(9)53(73)25-18-26-57(77)83-69-54(74)27-28-55(69)75)52(80-11)36-56(76)67-30-20-24-49(67)60(81-12)42(7)50(71)34-43(61(78)68-31-16-17-32-82-68)33-44-37-63-48-23-15-14-22-46(44)48/h14-15,22-23,37,39-43,47,49,52,58-60,63H,13,16-21,24-36,38H2,1-12H3/t41-,42-,43+,47-,49-,52+,58-,59-,60+/m0/s1. The van der Waals surface area contributed by atoms with Crippen LogP contribution in [0.5, 0.6) is 0 Å². The van der Waals surface area contributed by atoms with Crippen molar-refractivity contribution in [2.24, 2.45) is 35.5 Å². The monoisotopic (exact) mass is 1160 g/mol. The minimum absolute atomic E-state index is 0.0216. The number of hydrogen-bond donors (Lipinski definition) is 1. The molecule has 1 aromatic carbocycles. The van der Waals surface area contributed by atoms with Crippen molar-refractivity contribution in [2.75, 3.05) is 68.1 Å². The quantitative estimate of drug-likeness (QED) is 0.0732. The van der Waals surface area contributed by atoms with Gasteiger partial charge in [0, 0.05) is 115 Å². The summed E-state index contributed by atoms with van der Waals surface area (Å²) in [4.78, 5) is 155. The van der Waals surface area contributed by atoms with Crippen LogP contribution in [0.4, 0.5) is 0 Å². The molecular formula is C62H95N7O14. The number of hydroxylamine groups is 4. The molecule has 3 aliphatic heterocycles. The van der Waals surface area contributed by atoms with Gasteiger partial charge in [0.25, 0.3) is 11.8 Å². The number of fused-ring (bicyclic) bond motifs is 1. The molecule has 21 nitrogen and oxygen atoms in total. The van der Waals surface area contributed by atoms with E-state index < -0.39 is 65.9 Å². The number of ether oxygens (including phenoxy) is 2. The molecule has 0 spiro atoms. The molecule has 0 unspecified atom stereocenters. The van der Waals surface area contributed by atoms with E-state index in [0.29, 0.717) is 63.4 Å². The Bertz CT molecular complexity index is 2540. The highest BCUT2D eigenvalue weighted by molar-refractivity contribution is 6.01. The first kappa shape index (κ1) is 67.9. The molecule has 3 saturated heterocycles. The number of imide groups is 1. The minimum atomic E-state index is -0.801. The summed E-state index contributed by atoms with van der Waals surface area (Å²) < 4.78 is 12.3. The van der Waals surface area contributed by atoms with E-state index in [-0.39, 0.29) is 123 Å². The molecule has 4 heterocycles. The van der Waals surface area contributed by atoms with Gasteiger partial charge in [-0.25, -0.2) is 9.86 Å². The summed E-state index contributed by atoms with van der Waals surface area (Å²) in [7, 11) is 8.16. The van der Waals surface area contributed by atoms with Crippen LogP contribution in [0.3, 0.4) is 0 Å². The number of carbonyl (C=O) groups is 10. The lowest BCUT2D eigenvalue weighted by Crippen LogP contribution is -2.54. The average Bonchev–Trinajstić information content (AvgIpc) is 4.44. The number of likely N-dealkylation sites (tertiary alicyclic amines) is 1. The Balaban J connectivity index is 1.18. The van der Waals surface area contributed by atoms with Crippen molar-refractivity contribution in [3.8, 4) is 0 Å². The molecule has 2 aromatic rings. The number of likely N-dealkylation sites (N-methyl/N-ethyl adjacent to an activating group) is 3. The number of benzene rings is 1. The molecule has 462 valence electrons. The molecule has 0 bridgehead atoms. The number of nitrogens with zero attached hydrogens (tertiary/aromatic N) is 6. The van der Waals surface area contributed by atoms with E-state index in [0.717, 1.165) is 29.3 Å². The number of hydrogen-bond acceptors (Lipinski definition) is 15. The van der Waals surface area contributed by atoms with Crippen molar-refractivity contribution in [1.29, 1.82) is 0 Å². The van der Waals surface area contributed by atoms with E-state index in [1.54, 1.807) is 31.1 Å². The van der Waals surface area contributed by atoms with Gasteiger partial charge in [-0.15, -0.1) is 5.06 Å². The topological polar surface area (TPSA) is 243 Å². The van der Waals surface area contributed by atoms with Gasteiger partial charge in [-0.05, 0) is 87.9 Å². The number of nitrogens with one attached hydrogen (secondary N) is 1. The maximum absolute atomic E-state index is 14.9. The summed E-state index contributed by atoms with van der Waals surface area (Å²) in [5.74, 6) is -5.84. The fraction of sp³-hybridized carbons (Fsp3) is 0.710. The van der Waals surface area contributed by atoms with E-state index in [1.807, 2.05) is 90.9 Å². The summed E-state index contributed by atoms with van der Waals surface area (Å²) >= 11 is 0. The van der Waals surface area contributed by atoms with Crippen LogP contribution >= 0.6 is 0 Å². The van der Waals surface area contributed by atoms with E-state index in [9.17, 15) is 47.9 Å². The van der Waals surface area contributed by atoms with E-state index in [4.69, 9.17) is 19.1 Å². The van der Waals surface area contributed by atoms with Gasteiger partial charge in [-0.2, -0.15) is 0 Å². The zero-order valence-electron chi connectivity index (χ0n) is 51.5. The third-order valence-corrected chi connectivity index (χ3v) is 17.3. The normalized spacial score (nSPS) is 18.7.